The van der Waals surface area contributed by atoms with Crippen molar-refractivity contribution >= 4 is 58.0 Å². The number of aromatic nitrogens is 5. The van der Waals surface area contributed by atoms with E-state index in [1.807, 2.05) is 0 Å². The van der Waals surface area contributed by atoms with Gasteiger partial charge in [0.1, 0.15) is 10.8 Å². The minimum atomic E-state index is 0.0898. The molecule has 1 aliphatic carbocycles. The van der Waals surface area contributed by atoms with Crippen LogP contribution < -0.4 is 16.4 Å². The van der Waals surface area contributed by atoms with Crippen LogP contribution in [0.5, 0.6) is 0 Å². The Balaban J connectivity index is 1.20. The van der Waals surface area contributed by atoms with Gasteiger partial charge in [-0.15, -0.1) is 0 Å². The number of anilines is 2. The molecule has 4 aromatic rings. The van der Waals surface area contributed by atoms with Gasteiger partial charge >= 0.3 is 0 Å². The fraction of sp³-hybridized carbons (Fsp3) is 0.304. The molecule has 4 heterocycles. The van der Waals surface area contributed by atoms with Crippen molar-refractivity contribution in [2.24, 2.45) is 11.1 Å². The first-order chi connectivity index (χ1) is 16.4. The van der Waals surface area contributed by atoms with E-state index in [0.717, 1.165) is 38.3 Å². The molecule has 34 heavy (non-hydrogen) atoms. The number of halogens is 2. The highest BCUT2D eigenvalue weighted by molar-refractivity contribution is 7.99. The molecule has 3 aromatic heterocycles. The Bertz CT molecular complexity index is 1400. The van der Waals surface area contributed by atoms with Crippen LogP contribution in [-0.2, 0) is 6.42 Å². The summed E-state index contributed by atoms with van der Waals surface area (Å²) in [4.78, 5) is 24.1. The van der Waals surface area contributed by atoms with Crippen molar-refractivity contribution in [3.05, 3.63) is 57.8 Å². The van der Waals surface area contributed by atoms with Gasteiger partial charge < -0.3 is 21.4 Å². The lowest BCUT2D eigenvalue weighted by Crippen LogP contribution is -2.44. The fourth-order valence-electron chi connectivity index (χ4n) is 5.12. The molecule has 6 rings (SSSR count). The van der Waals surface area contributed by atoms with E-state index in [2.05, 4.69) is 54.1 Å². The summed E-state index contributed by atoms with van der Waals surface area (Å²) in [5.74, 6) is 1.08. The quantitative estimate of drug-likeness (QED) is 0.339. The molecule has 0 radical (unpaired) electrons. The van der Waals surface area contributed by atoms with Crippen LogP contribution in [0.2, 0.25) is 10.2 Å². The molecule has 0 saturated carbocycles. The first-order valence-corrected chi connectivity index (χ1v) is 12.6. The zero-order chi connectivity index (χ0) is 23.4. The average molecular weight is 513 g/mol. The summed E-state index contributed by atoms with van der Waals surface area (Å²) in [6.07, 6.45) is 4.75. The maximum atomic E-state index is 6.72. The predicted molar refractivity (Wildman–Crippen MR) is 135 cm³/mol. The molecule has 1 aliphatic heterocycles. The van der Waals surface area contributed by atoms with E-state index in [9.17, 15) is 0 Å². The second-order valence-corrected chi connectivity index (χ2v) is 10.7. The Morgan fingerprint density at radius 1 is 1.12 bits per heavy atom. The minimum absolute atomic E-state index is 0.0898. The number of rotatable bonds is 3. The van der Waals surface area contributed by atoms with Gasteiger partial charge in [0.05, 0.1) is 11.2 Å². The van der Waals surface area contributed by atoms with Gasteiger partial charge in [-0.3, -0.25) is 0 Å². The number of pyridine rings is 1. The second kappa shape index (κ2) is 8.27. The van der Waals surface area contributed by atoms with E-state index < -0.39 is 0 Å². The maximum Gasteiger partial charge on any atom is 0.206 e. The monoisotopic (exact) mass is 512 g/mol. The van der Waals surface area contributed by atoms with Crippen LogP contribution in [0.4, 0.5) is 11.8 Å². The summed E-state index contributed by atoms with van der Waals surface area (Å²) in [5.41, 5.74) is 16.5. The van der Waals surface area contributed by atoms with Gasteiger partial charge in [-0.25, -0.2) is 15.0 Å². The summed E-state index contributed by atoms with van der Waals surface area (Å²) in [7, 11) is 0. The van der Waals surface area contributed by atoms with Crippen LogP contribution in [0.3, 0.4) is 0 Å². The number of benzene rings is 1. The van der Waals surface area contributed by atoms with E-state index in [-0.39, 0.29) is 16.6 Å². The number of nitrogens with two attached hydrogens (primary N) is 2. The Labute approximate surface area is 210 Å². The molecule has 0 amide bonds. The van der Waals surface area contributed by atoms with Crippen LogP contribution in [0.25, 0.3) is 11.3 Å². The van der Waals surface area contributed by atoms with Crippen LogP contribution in [0.15, 0.2) is 46.5 Å². The number of fused-ring (bicyclic) bond motifs is 2. The molecule has 1 spiro atoms. The molecule has 0 bridgehead atoms. The zero-order valence-electron chi connectivity index (χ0n) is 18.1. The molecule has 11 heteroatoms. The molecule has 1 fully saturated rings. The van der Waals surface area contributed by atoms with Gasteiger partial charge in [0.15, 0.2) is 16.4 Å². The molecule has 1 saturated heterocycles. The number of hydrogen-bond acceptors (Lipinski definition) is 8. The van der Waals surface area contributed by atoms with Crippen molar-refractivity contribution < 1.29 is 0 Å². The first kappa shape index (κ1) is 21.9. The number of imidazole rings is 1. The molecule has 5 N–H and O–H groups in total. The molecule has 1 aromatic carbocycles. The molecule has 1 atom stereocenters. The highest BCUT2D eigenvalue weighted by Gasteiger charge is 2.46. The van der Waals surface area contributed by atoms with Crippen molar-refractivity contribution in [3.63, 3.8) is 0 Å². The van der Waals surface area contributed by atoms with Crippen LogP contribution in [0, 0.1) is 5.41 Å². The van der Waals surface area contributed by atoms with Crippen LogP contribution >= 0.6 is 35.0 Å². The molecule has 0 unspecified atom stereocenters. The van der Waals surface area contributed by atoms with Gasteiger partial charge in [0.25, 0.3) is 0 Å². The van der Waals surface area contributed by atoms with Gasteiger partial charge in [0.2, 0.25) is 5.95 Å². The summed E-state index contributed by atoms with van der Waals surface area (Å²) >= 11 is 13.6. The third-order valence-corrected chi connectivity index (χ3v) is 8.76. The minimum Gasteiger partial charge on any atom is -0.384 e. The lowest BCUT2D eigenvalue weighted by atomic mass is 9.73. The second-order valence-electron chi connectivity index (χ2n) is 8.90. The number of nitrogens with one attached hydrogen (secondary N) is 1. The van der Waals surface area contributed by atoms with E-state index in [1.54, 1.807) is 12.3 Å². The number of piperidine rings is 1. The van der Waals surface area contributed by atoms with Crippen molar-refractivity contribution in [1.29, 1.82) is 0 Å². The van der Waals surface area contributed by atoms with E-state index in [4.69, 9.17) is 34.7 Å². The van der Waals surface area contributed by atoms with Gasteiger partial charge in [-0.1, -0.05) is 59.2 Å². The largest absolute Gasteiger partial charge is 0.384 e. The number of nitrogens with zero attached hydrogens (tertiary/aromatic N) is 5. The fourth-order valence-corrected chi connectivity index (χ4v) is 6.42. The number of H-pyrrole nitrogens is 1. The number of aromatic amines is 1. The topological polar surface area (TPSA) is 123 Å². The van der Waals surface area contributed by atoms with Crippen LogP contribution in [-0.4, -0.2) is 38.0 Å². The third kappa shape index (κ3) is 3.67. The summed E-state index contributed by atoms with van der Waals surface area (Å²) in [6, 6.07) is 10.3. The smallest absolute Gasteiger partial charge is 0.206 e. The number of hydrogen-bond donors (Lipinski definition) is 3. The van der Waals surface area contributed by atoms with Crippen LogP contribution in [0.1, 0.15) is 30.0 Å². The summed E-state index contributed by atoms with van der Waals surface area (Å²) in [5, 5.41) is 1.15. The Morgan fingerprint density at radius 2 is 1.91 bits per heavy atom. The highest BCUT2D eigenvalue weighted by Crippen LogP contribution is 2.50. The Kier molecular flexibility index (Phi) is 5.33. The predicted octanol–water partition coefficient (Wildman–Crippen LogP) is 4.63. The zero-order valence-corrected chi connectivity index (χ0v) is 20.5. The van der Waals surface area contributed by atoms with E-state index in [1.165, 1.54) is 22.9 Å². The summed E-state index contributed by atoms with van der Waals surface area (Å²) in [6.45, 7) is 1.76. The van der Waals surface area contributed by atoms with E-state index >= 15 is 0 Å². The normalized spacial score (nSPS) is 19.1. The Morgan fingerprint density at radius 3 is 2.71 bits per heavy atom. The lowest BCUT2D eigenvalue weighted by Gasteiger charge is -2.42. The van der Waals surface area contributed by atoms with E-state index in [0.29, 0.717) is 32.1 Å². The van der Waals surface area contributed by atoms with Crippen molar-refractivity contribution in [1.82, 2.24) is 24.9 Å². The molecule has 2 aliphatic rings. The molecular weight excluding hydrogens is 491 g/mol. The average Bonchev–Trinajstić information content (AvgIpc) is 3.37. The number of nitrogen functional groups attached to an aromatic ring is 1. The Hall–Kier alpha value is -2.59. The first-order valence-electron chi connectivity index (χ1n) is 11.0. The van der Waals surface area contributed by atoms with Crippen molar-refractivity contribution in [2.45, 2.75) is 35.2 Å². The third-order valence-electron chi connectivity index (χ3n) is 6.94. The molecular formula is C23H22Cl2N8S. The lowest BCUT2D eigenvalue weighted by molar-refractivity contribution is 0.187. The van der Waals surface area contributed by atoms with Crippen molar-refractivity contribution in [2.75, 3.05) is 23.7 Å². The maximum absolute atomic E-state index is 6.72. The standard InChI is InChI=1S/C23H22Cl2N8S/c24-17-14(9-15(26)29-19(17)25)34-16-11-28-20-21(30-16)32-22(31-20)33-7-5-23(6-8-33)10-12-3-1-2-4-13(12)18(23)27/h1-4,9,11,18H,5-8,10,27H2,(H2,26,29)(H,28,30,31,32)/t18-/m1/s1. The molecule has 8 nitrogen and oxygen atoms in total. The highest BCUT2D eigenvalue weighted by atomic mass is 35.5. The summed E-state index contributed by atoms with van der Waals surface area (Å²) < 4.78 is 0. The SMILES string of the molecule is Nc1cc(Sc2cnc3nc(N4CCC5(CC4)Cc4ccccc4[C@H]5N)[nH]c3n2)c(Cl)c(Cl)n1. The van der Waals surface area contributed by atoms with Gasteiger partial charge in [0, 0.05) is 24.0 Å². The van der Waals surface area contributed by atoms with Gasteiger partial charge in [-0.05, 0) is 41.9 Å². The van der Waals surface area contributed by atoms with Gasteiger partial charge in [-0.2, -0.15) is 4.98 Å². The molecule has 174 valence electrons. The van der Waals surface area contributed by atoms with Crippen molar-refractivity contribution in [3.8, 4) is 0 Å².